The number of anilines is 1. The van der Waals surface area contributed by atoms with E-state index in [-0.39, 0.29) is 0 Å². The minimum absolute atomic E-state index is 0.471. The average molecular weight is 457 g/mol. The summed E-state index contributed by atoms with van der Waals surface area (Å²) < 4.78 is 5.99. The van der Waals surface area contributed by atoms with E-state index >= 15 is 0 Å². The summed E-state index contributed by atoms with van der Waals surface area (Å²) in [5.41, 5.74) is 5.97. The molecule has 3 aromatic carbocycles. The largest absolute Gasteiger partial charge is 0.489 e. The van der Waals surface area contributed by atoms with Crippen molar-refractivity contribution in [1.29, 1.82) is 0 Å². The molecule has 3 nitrogen and oxygen atoms in total. The summed E-state index contributed by atoms with van der Waals surface area (Å²) >= 11 is 0. The molecule has 0 aliphatic rings. The van der Waals surface area contributed by atoms with Crippen LogP contribution in [0, 0.1) is 0 Å². The molecule has 3 rings (SSSR count). The minimum atomic E-state index is 0.471. The molecule has 3 aromatic rings. The summed E-state index contributed by atoms with van der Waals surface area (Å²) in [6, 6.07) is 27.8. The number of benzene rings is 3. The number of nitrogens with one attached hydrogen (secondary N) is 2. The Labute approximate surface area is 206 Å². The fraction of sp³-hybridized carbons (Fsp3) is 0.355. The Morgan fingerprint density at radius 1 is 0.882 bits per heavy atom. The van der Waals surface area contributed by atoms with Gasteiger partial charge in [0, 0.05) is 24.0 Å². The molecule has 0 aliphatic carbocycles. The Bertz CT molecular complexity index is 1010. The van der Waals surface area contributed by atoms with Crippen LogP contribution in [0.25, 0.3) is 5.70 Å². The van der Waals surface area contributed by atoms with Crippen molar-refractivity contribution < 1.29 is 4.74 Å². The van der Waals surface area contributed by atoms with Crippen LogP contribution in [-0.2, 0) is 13.2 Å². The molecule has 0 amide bonds. The zero-order valence-corrected chi connectivity index (χ0v) is 21.0. The van der Waals surface area contributed by atoms with Crippen LogP contribution < -0.4 is 15.4 Å². The van der Waals surface area contributed by atoms with Crippen molar-refractivity contribution in [2.24, 2.45) is 0 Å². The van der Waals surface area contributed by atoms with Crippen molar-refractivity contribution in [1.82, 2.24) is 5.32 Å². The van der Waals surface area contributed by atoms with E-state index in [1.807, 2.05) is 24.3 Å². The van der Waals surface area contributed by atoms with E-state index in [2.05, 4.69) is 92.1 Å². The van der Waals surface area contributed by atoms with Gasteiger partial charge in [0.2, 0.25) is 0 Å². The van der Waals surface area contributed by atoms with Gasteiger partial charge in [0.15, 0.2) is 0 Å². The van der Waals surface area contributed by atoms with Crippen molar-refractivity contribution in [3.63, 3.8) is 0 Å². The van der Waals surface area contributed by atoms with Crippen LogP contribution in [0.1, 0.15) is 69.6 Å². The fourth-order valence-corrected chi connectivity index (χ4v) is 3.88. The molecule has 0 aliphatic heterocycles. The van der Waals surface area contributed by atoms with Gasteiger partial charge in [-0.15, -0.1) is 0 Å². The first-order valence-electron chi connectivity index (χ1n) is 12.7. The van der Waals surface area contributed by atoms with Gasteiger partial charge in [-0.25, -0.2) is 0 Å². The first-order valence-corrected chi connectivity index (χ1v) is 12.7. The monoisotopic (exact) mass is 456 g/mol. The number of allylic oxidation sites excluding steroid dienone is 1. The molecular weight excluding hydrogens is 416 g/mol. The van der Waals surface area contributed by atoms with Gasteiger partial charge in [-0.1, -0.05) is 93.8 Å². The summed E-state index contributed by atoms with van der Waals surface area (Å²) in [6.07, 6.45) is 8.25. The Kier molecular flexibility index (Phi) is 10.6. The fourth-order valence-electron chi connectivity index (χ4n) is 3.88. The molecule has 2 N–H and O–H groups in total. The zero-order valence-electron chi connectivity index (χ0n) is 21.0. The van der Waals surface area contributed by atoms with Crippen molar-refractivity contribution in [3.05, 3.63) is 102 Å². The minimum Gasteiger partial charge on any atom is -0.489 e. The predicted octanol–water partition coefficient (Wildman–Crippen LogP) is 8.19. The molecule has 0 saturated carbocycles. The highest BCUT2D eigenvalue weighted by molar-refractivity contribution is 5.67. The van der Waals surface area contributed by atoms with E-state index in [1.54, 1.807) is 0 Å². The molecule has 34 heavy (non-hydrogen) atoms. The SMILES string of the molecule is CCC/C=C(/N[C@H](C)CCCC)c1cccc(NCc2cccc(OCc3ccccc3)c2)c1. The Hall–Kier alpha value is -3.20. The van der Waals surface area contributed by atoms with Crippen molar-refractivity contribution in [2.45, 2.75) is 72.1 Å². The lowest BCUT2D eigenvalue weighted by Gasteiger charge is -2.19. The Morgan fingerprint density at radius 2 is 1.68 bits per heavy atom. The molecule has 0 aromatic heterocycles. The maximum Gasteiger partial charge on any atom is 0.120 e. The van der Waals surface area contributed by atoms with Crippen LogP contribution in [0.15, 0.2) is 84.9 Å². The lowest BCUT2D eigenvalue weighted by atomic mass is 10.1. The molecule has 0 fully saturated rings. The summed E-state index contributed by atoms with van der Waals surface area (Å²) in [4.78, 5) is 0. The second kappa shape index (κ2) is 14.1. The molecule has 1 atom stereocenters. The summed E-state index contributed by atoms with van der Waals surface area (Å²) in [7, 11) is 0. The normalized spacial score (nSPS) is 12.3. The molecule has 0 spiro atoms. The Morgan fingerprint density at radius 3 is 2.47 bits per heavy atom. The lowest BCUT2D eigenvalue weighted by molar-refractivity contribution is 0.306. The van der Waals surface area contributed by atoms with Crippen LogP contribution in [0.3, 0.4) is 0 Å². The van der Waals surface area contributed by atoms with Crippen LogP contribution in [0.4, 0.5) is 5.69 Å². The predicted molar refractivity (Wildman–Crippen MR) is 146 cm³/mol. The highest BCUT2D eigenvalue weighted by atomic mass is 16.5. The van der Waals surface area contributed by atoms with Crippen LogP contribution >= 0.6 is 0 Å². The van der Waals surface area contributed by atoms with Crippen molar-refractivity contribution in [2.75, 3.05) is 5.32 Å². The standard InChI is InChI=1S/C31H40N2O/c1-4-6-13-25(3)33-31(20-7-5-2)28-17-12-18-29(22-28)32-23-27-16-11-19-30(21-27)34-24-26-14-9-8-10-15-26/h8-12,14-22,25,32-33H,4-7,13,23-24H2,1-3H3/b31-20+/t25-/m1/s1. The number of hydrogen-bond acceptors (Lipinski definition) is 3. The van der Waals surface area contributed by atoms with Crippen LogP contribution in [-0.4, -0.2) is 6.04 Å². The number of rotatable bonds is 14. The van der Waals surface area contributed by atoms with Gasteiger partial charge in [0.25, 0.3) is 0 Å². The second-order valence-electron chi connectivity index (χ2n) is 8.95. The van der Waals surface area contributed by atoms with Gasteiger partial charge in [0.1, 0.15) is 12.4 Å². The van der Waals surface area contributed by atoms with Gasteiger partial charge in [-0.3, -0.25) is 0 Å². The molecule has 0 saturated heterocycles. The van der Waals surface area contributed by atoms with Gasteiger partial charge in [-0.05, 0) is 60.7 Å². The van der Waals surface area contributed by atoms with E-state index in [1.165, 1.54) is 41.6 Å². The smallest absolute Gasteiger partial charge is 0.120 e. The first-order chi connectivity index (χ1) is 16.7. The Balaban J connectivity index is 1.62. The quantitative estimate of drug-likeness (QED) is 0.256. The third kappa shape index (κ3) is 8.62. The topological polar surface area (TPSA) is 33.3 Å². The average Bonchev–Trinajstić information content (AvgIpc) is 2.88. The highest BCUT2D eigenvalue weighted by Crippen LogP contribution is 2.21. The third-order valence-electron chi connectivity index (χ3n) is 5.85. The molecule has 0 radical (unpaired) electrons. The third-order valence-corrected chi connectivity index (χ3v) is 5.85. The van der Waals surface area contributed by atoms with Crippen molar-refractivity contribution >= 4 is 11.4 Å². The first kappa shape index (κ1) is 25.4. The van der Waals surface area contributed by atoms with E-state index in [0.717, 1.165) is 30.8 Å². The van der Waals surface area contributed by atoms with E-state index in [9.17, 15) is 0 Å². The van der Waals surface area contributed by atoms with E-state index in [0.29, 0.717) is 12.6 Å². The van der Waals surface area contributed by atoms with Gasteiger partial charge >= 0.3 is 0 Å². The zero-order chi connectivity index (χ0) is 24.0. The van der Waals surface area contributed by atoms with Crippen LogP contribution in [0.2, 0.25) is 0 Å². The molecule has 0 unspecified atom stereocenters. The summed E-state index contributed by atoms with van der Waals surface area (Å²) in [5, 5.41) is 7.35. The molecule has 0 bridgehead atoms. The summed E-state index contributed by atoms with van der Waals surface area (Å²) in [5.74, 6) is 0.895. The molecule has 0 heterocycles. The second-order valence-corrected chi connectivity index (χ2v) is 8.95. The van der Waals surface area contributed by atoms with Gasteiger partial charge in [-0.2, -0.15) is 0 Å². The molecule has 3 heteroatoms. The highest BCUT2D eigenvalue weighted by Gasteiger charge is 2.07. The number of ether oxygens (including phenoxy) is 1. The molecular formula is C31H40N2O. The number of hydrogen-bond donors (Lipinski definition) is 2. The van der Waals surface area contributed by atoms with Gasteiger partial charge < -0.3 is 15.4 Å². The maximum atomic E-state index is 5.99. The molecule has 180 valence electrons. The van der Waals surface area contributed by atoms with E-state index in [4.69, 9.17) is 4.74 Å². The van der Waals surface area contributed by atoms with Crippen LogP contribution in [0.5, 0.6) is 5.75 Å². The van der Waals surface area contributed by atoms with Gasteiger partial charge in [0.05, 0.1) is 0 Å². The maximum absolute atomic E-state index is 5.99. The van der Waals surface area contributed by atoms with E-state index < -0.39 is 0 Å². The summed E-state index contributed by atoms with van der Waals surface area (Å²) in [6.45, 7) is 8.09. The van der Waals surface area contributed by atoms with Crippen molar-refractivity contribution in [3.8, 4) is 5.75 Å². The lowest BCUT2D eigenvalue weighted by Crippen LogP contribution is -2.24. The number of unbranched alkanes of at least 4 members (excludes halogenated alkanes) is 2.